The molecule has 0 spiro atoms. The third-order valence-corrected chi connectivity index (χ3v) is 5.09. The summed E-state index contributed by atoms with van der Waals surface area (Å²) in [5.74, 6) is 0. The first-order valence-corrected chi connectivity index (χ1v) is 8.84. The summed E-state index contributed by atoms with van der Waals surface area (Å²) in [5.41, 5.74) is 4.60. The van der Waals surface area contributed by atoms with Crippen molar-refractivity contribution in [3.05, 3.63) is 60.6 Å². The molecule has 1 aliphatic rings. The lowest BCUT2D eigenvalue weighted by atomic mass is 10.0. The maximum absolute atomic E-state index is 4.85. The summed E-state index contributed by atoms with van der Waals surface area (Å²) in [4.78, 5) is 11.6. The van der Waals surface area contributed by atoms with Gasteiger partial charge < -0.3 is 4.90 Å². The molecule has 0 aliphatic carbocycles. The largest absolute Gasteiger partial charge is 0.300 e. The van der Waals surface area contributed by atoms with E-state index >= 15 is 0 Å². The Bertz CT molecular complexity index is 829. The number of likely N-dealkylation sites (tertiary alicyclic amines) is 1. The van der Waals surface area contributed by atoms with Gasteiger partial charge >= 0.3 is 0 Å². The summed E-state index contributed by atoms with van der Waals surface area (Å²) in [7, 11) is 0. The summed E-state index contributed by atoms with van der Waals surface area (Å²) >= 11 is 0. The summed E-state index contributed by atoms with van der Waals surface area (Å²) < 4.78 is 0. The van der Waals surface area contributed by atoms with Crippen LogP contribution in [0.2, 0.25) is 0 Å². The molecule has 1 aliphatic heterocycles. The maximum Gasteiger partial charge on any atom is 0.0705 e. The first-order chi connectivity index (χ1) is 11.8. The molecule has 3 aromatic rings. The van der Waals surface area contributed by atoms with Gasteiger partial charge in [-0.2, -0.15) is 0 Å². The Morgan fingerprint density at radius 3 is 2.88 bits per heavy atom. The molecule has 3 heterocycles. The molecule has 4 rings (SSSR count). The van der Waals surface area contributed by atoms with E-state index in [0.29, 0.717) is 0 Å². The Hall–Kier alpha value is -2.26. The van der Waals surface area contributed by atoms with E-state index in [4.69, 9.17) is 4.98 Å². The number of pyridine rings is 2. The highest BCUT2D eigenvalue weighted by Gasteiger charge is 2.19. The number of aromatic nitrogens is 2. The number of rotatable bonds is 4. The minimum atomic E-state index is 0.729. The average molecular weight is 317 g/mol. The van der Waals surface area contributed by atoms with E-state index in [-0.39, 0.29) is 0 Å². The predicted octanol–water partition coefficient (Wildman–Crippen LogP) is 4.32. The number of nitrogens with zero attached hydrogens (tertiary/aromatic N) is 3. The van der Waals surface area contributed by atoms with Crippen LogP contribution in [0.3, 0.4) is 0 Å². The highest BCUT2D eigenvalue weighted by molar-refractivity contribution is 5.84. The first kappa shape index (κ1) is 15.3. The smallest absolute Gasteiger partial charge is 0.0705 e. The van der Waals surface area contributed by atoms with Gasteiger partial charge in [-0.15, -0.1) is 0 Å². The summed E-state index contributed by atoms with van der Waals surface area (Å²) in [6.07, 6.45) is 7.41. The zero-order valence-electron chi connectivity index (χ0n) is 14.2. The standard InChI is InChI=1S/C21H23N3/c1-16-4-3-12-24(16)13-10-20-8-6-18-14-17(7-9-21(18)23-20)19-5-2-11-22-15-19/h2,5-9,11,14-16H,3-4,10,12-13H2,1H3/t16-/m1/s1. The lowest BCUT2D eigenvalue weighted by molar-refractivity contribution is 0.271. The van der Waals surface area contributed by atoms with Crippen molar-refractivity contribution in [2.75, 3.05) is 13.1 Å². The van der Waals surface area contributed by atoms with Gasteiger partial charge in [-0.25, -0.2) is 0 Å². The molecule has 24 heavy (non-hydrogen) atoms. The molecule has 0 bridgehead atoms. The van der Waals surface area contributed by atoms with Crippen molar-refractivity contribution in [3.8, 4) is 11.1 Å². The molecule has 3 heteroatoms. The summed E-state index contributed by atoms with van der Waals surface area (Å²) in [5, 5.41) is 1.19. The minimum absolute atomic E-state index is 0.729. The summed E-state index contributed by atoms with van der Waals surface area (Å²) in [6, 6.07) is 15.6. The van der Waals surface area contributed by atoms with Crippen LogP contribution in [0, 0.1) is 0 Å². The molecular formula is C21H23N3. The van der Waals surface area contributed by atoms with Crippen molar-refractivity contribution in [2.45, 2.75) is 32.2 Å². The molecule has 0 amide bonds. The number of fused-ring (bicyclic) bond motifs is 1. The number of hydrogen-bond donors (Lipinski definition) is 0. The van der Waals surface area contributed by atoms with E-state index < -0.39 is 0 Å². The molecule has 122 valence electrons. The molecule has 1 saturated heterocycles. The fraction of sp³-hybridized carbons (Fsp3) is 0.333. The minimum Gasteiger partial charge on any atom is -0.300 e. The second kappa shape index (κ2) is 6.70. The maximum atomic E-state index is 4.85. The third kappa shape index (κ3) is 3.17. The lowest BCUT2D eigenvalue weighted by Gasteiger charge is -2.20. The fourth-order valence-electron chi connectivity index (χ4n) is 3.60. The second-order valence-electron chi connectivity index (χ2n) is 6.73. The van der Waals surface area contributed by atoms with E-state index in [2.05, 4.69) is 53.2 Å². The Balaban J connectivity index is 1.53. The lowest BCUT2D eigenvalue weighted by Crippen LogP contribution is -2.29. The van der Waals surface area contributed by atoms with Crippen molar-refractivity contribution >= 4 is 10.9 Å². The van der Waals surface area contributed by atoms with Crippen LogP contribution < -0.4 is 0 Å². The van der Waals surface area contributed by atoms with E-state index in [1.807, 2.05) is 12.3 Å². The van der Waals surface area contributed by atoms with Gasteiger partial charge in [0.15, 0.2) is 0 Å². The normalized spacial score (nSPS) is 18.3. The van der Waals surface area contributed by atoms with Crippen LogP contribution >= 0.6 is 0 Å². The van der Waals surface area contributed by atoms with Gasteiger partial charge in [-0.05, 0) is 56.1 Å². The van der Waals surface area contributed by atoms with Crippen molar-refractivity contribution in [2.24, 2.45) is 0 Å². The van der Waals surface area contributed by atoms with Gasteiger partial charge in [0.2, 0.25) is 0 Å². The fourth-order valence-corrected chi connectivity index (χ4v) is 3.60. The van der Waals surface area contributed by atoms with E-state index in [0.717, 1.165) is 30.1 Å². The Morgan fingerprint density at radius 2 is 2.08 bits per heavy atom. The quantitative estimate of drug-likeness (QED) is 0.717. The van der Waals surface area contributed by atoms with Crippen LogP contribution in [0.15, 0.2) is 54.9 Å². The summed E-state index contributed by atoms with van der Waals surface area (Å²) in [6.45, 7) is 4.69. The Morgan fingerprint density at radius 1 is 1.12 bits per heavy atom. The van der Waals surface area contributed by atoms with Crippen LogP contribution in [0.5, 0.6) is 0 Å². The van der Waals surface area contributed by atoms with E-state index in [1.54, 1.807) is 6.20 Å². The monoisotopic (exact) mass is 317 g/mol. The molecule has 1 aromatic carbocycles. The number of benzene rings is 1. The van der Waals surface area contributed by atoms with Crippen LogP contribution in [-0.4, -0.2) is 34.0 Å². The van der Waals surface area contributed by atoms with Crippen molar-refractivity contribution in [1.29, 1.82) is 0 Å². The van der Waals surface area contributed by atoms with Gasteiger partial charge in [0.05, 0.1) is 5.52 Å². The number of hydrogen-bond acceptors (Lipinski definition) is 3. The molecule has 1 atom stereocenters. The zero-order valence-corrected chi connectivity index (χ0v) is 14.2. The van der Waals surface area contributed by atoms with Crippen LogP contribution in [0.25, 0.3) is 22.0 Å². The third-order valence-electron chi connectivity index (χ3n) is 5.09. The molecule has 0 N–H and O–H groups in total. The van der Waals surface area contributed by atoms with Crippen LogP contribution in [0.4, 0.5) is 0 Å². The molecule has 2 aromatic heterocycles. The Labute approximate surface area is 143 Å². The van der Waals surface area contributed by atoms with Crippen LogP contribution in [0.1, 0.15) is 25.5 Å². The van der Waals surface area contributed by atoms with Gasteiger partial charge in [-0.1, -0.05) is 18.2 Å². The SMILES string of the molecule is C[C@@H]1CCCN1CCc1ccc2cc(-c3cccnc3)ccc2n1. The zero-order chi connectivity index (χ0) is 16.4. The molecule has 3 nitrogen and oxygen atoms in total. The van der Waals surface area contributed by atoms with E-state index in [9.17, 15) is 0 Å². The molecule has 1 fully saturated rings. The molecule has 0 unspecified atom stereocenters. The van der Waals surface area contributed by atoms with E-state index in [1.165, 1.54) is 36.0 Å². The predicted molar refractivity (Wildman–Crippen MR) is 98.9 cm³/mol. The second-order valence-corrected chi connectivity index (χ2v) is 6.73. The van der Waals surface area contributed by atoms with Crippen molar-refractivity contribution in [3.63, 3.8) is 0 Å². The average Bonchev–Trinajstić information content (AvgIpc) is 3.05. The first-order valence-electron chi connectivity index (χ1n) is 8.84. The Kier molecular flexibility index (Phi) is 4.26. The van der Waals surface area contributed by atoms with Crippen LogP contribution in [-0.2, 0) is 6.42 Å². The molecular weight excluding hydrogens is 294 g/mol. The van der Waals surface area contributed by atoms with Gasteiger partial charge in [0.25, 0.3) is 0 Å². The highest BCUT2D eigenvalue weighted by Crippen LogP contribution is 2.23. The van der Waals surface area contributed by atoms with Crippen molar-refractivity contribution < 1.29 is 0 Å². The highest BCUT2D eigenvalue weighted by atomic mass is 15.2. The molecule has 0 saturated carbocycles. The van der Waals surface area contributed by atoms with Crippen molar-refractivity contribution in [1.82, 2.24) is 14.9 Å². The molecule has 0 radical (unpaired) electrons. The van der Waals surface area contributed by atoms with Gasteiger partial charge in [-0.3, -0.25) is 9.97 Å². The van der Waals surface area contributed by atoms with Gasteiger partial charge in [0.1, 0.15) is 0 Å². The topological polar surface area (TPSA) is 29.0 Å². The van der Waals surface area contributed by atoms with Gasteiger partial charge in [0, 0.05) is 48.0 Å².